The van der Waals surface area contributed by atoms with E-state index in [0.717, 1.165) is 11.8 Å². The van der Waals surface area contributed by atoms with Crippen molar-refractivity contribution in [1.82, 2.24) is 5.32 Å². The maximum atomic E-state index is 3.48. The van der Waals surface area contributed by atoms with Crippen LogP contribution in [-0.2, 0) is 0 Å². The van der Waals surface area contributed by atoms with Crippen molar-refractivity contribution < 1.29 is 0 Å². The molecular formula is C13H17N. The lowest BCUT2D eigenvalue weighted by atomic mass is 9.97. The minimum atomic E-state index is 0.562. The first-order chi connectivity index (χ1) is 6.73. The van der Waals surface area contributed by atoms with Crippen LogP contribution in [0.2, 0.25) is 0 Å². The predicted octanol–water partition coefficient (Wildman–Crippen LogP) is 2.32. The molecule has 0 radical (unpaired) electrons. The molecule has 1 nitrogen and oxygen atoms in total. The van der Waals surface area contributed by atoms with E-state index in [1.807, 2.05) is 0 Å². The molecule has 0 aromatic heterocycles. The fraction of sp³-hybridized carbons (Fsp3) is 0.538. The molecule has 3 rings (SSSR count). The number of benzene rings is 1. The summed E-state index contributed by atoms with van der Waals surface area (Å²) in [6, 6.07) is 8.86. The molecule has 1 aliphatic heterocycles. The van der Waals surface area contributed by atoms with Crippen molar-refractivity contribution in [2.45, 2.75) is 19.8 Å². The smallest absolute Gasteiger partial charge is 0.00146 e. The second kappa shape index (κ2) is 2.60. The van der Waals surface area contributed by atoms with Gasteiger partial charge in [0, 0.05) is 6.54 Å². The van der Waals surface area contributed by atoms with E-state index in [0.29, 0.717) is 5.41 Å². The molecule has 1 heteroatoms. The summed E-state index contributed by atoms with van der Waals surface area (Å²) in [6.45, 7) is 7.08. The van der Waals surface area contributed by atoms with Crippen molar-refractivity contribution in [2.24, 2.45) is 11.3 Å². The molecule has 74 valence electrons. The molecule has 0 unspecified atom stereocenters. The minimum absolute atomic E-state index is 0.562. The largest absolute Gasteiger partial charge is 0.316 e. The van der Waals surface area contributed by atoms with Gasteiger partial charge < -0.3 is 5.32 Å². The quantitative estimate of drug-likeness (QED) is 0.711. The molecule has 0 amide bonds. The zero-order chi connectivity index (χ0) is 9.76. The molecule has 2 fully saturated rings. The lowest BCUT2D eigenvalue weighted by molar-refractivity contribution is 0.548. The third kappa shape index (κ3) is 0.936. The average Bonchev–Trinajstić information content (AvgIpc) is 2.55. The summed E-state index contributed by atoms with van der Waals surface area (Å²) in [5, 5.41) is 3.48. The molecule has 0 spiro atoms. The molecule has 1 saturated heterocycles. The summed E-state index contributed by atoms with van der Waals surface area (Å²) in [5.41, 5.74) is 3.61. The first kappa shape index (κ1) is 8.49. The lowest BCUT2D eigenvalue weighted by Crippen LogP contribution is -2.18. The highest BCUT2D eigenvalue weighted by molar-refractivity contribution is 5.39. The SMILES string of the molecule is Cc1ccccc1[C@H]1[C@@H]2CNC[C@@]21C. The summed E-state index contributed by atoms with van der Waals surface area (Å²) >= 11 is 0. The monoisotopic (exact) mass is 187 g/mol. The zero-order valence-electron chi connectivity index (χ0n) is 8.88. The number of fused-ring (bicyclic) bond motifs is 1. The van der Waals surface area contributed by atoms with Crippen LogP contribution in [0.1, 0.15) is 24.0 Å². The van der Waals surface area contributed by atoms with E-state index in [1.54, 1.807) is 5.56 Å². The van der Waals surface area contributed by atoms with Gasteiger partial charge in [0.1, 0.15) is 0 Å². The van der Waals surface area contributed by atoms with Gasteiger partial charge in [-0.2, -0.15) is 0 Å². The Kier molecular flexibility index (Phi) is 1.58. The topological polar surface area (TPSA) is 12.0 Å². The number of hydrogen-bond acceptors (Lipinski definition) is 1. The molecule has 14 heavy (non-hydrogen) atoms. The standard InChI is InChI=1S/C13H17N/c1-9-5-3-4-6-10(9)12-11-7-14-8-13(11,12)2/h3-6,11-12,14H,7-8H2,1-2H3/t11-,12-,13-/m0/s1. The normalized spacial score (nSPS) is 39.6. The van der Waals surface area contributed by atoms with Gasteiger partial charge >= 0.3 is 0 Å². The van der Waals surface area contributed by atoms with E-state index >= 15 is 0 Å². The third-order valence-electron chi connectivity index (χ3n) is 4.24. The maximum Gasteiger partial charge on any atom is 0.00146 e. The van der Waals surface area contributed by atoms with Gasteiger partial charge in [-0.1, -0.05) is 31.2 Å². The Morgan fingerprint density at radius 2 is 2.14 bits per heavy atom. The number of piperidine rings is 1. The third-order valence-corrected chi connectivity index (χ3v) is 4.24. The molecule has 1 aromatic rings. The molecule has 1 aliphatic carbocycles. The molecule has 1 heterocycles. The van der Waals surface area contributed by atoms with Gasteiger partial charge in [-0.3, -0.25) is 0 Å². The van der Waals surface area contributed by atoms with E-state index in [2.05, 4.69) is 43.4 Å². The van der Waals surface area contributed by atoms with Crippen LogP contribution in [0.5, 0.6) is 0 Å². The molecule has 1 saturated carbocycles. The number of rotatable bonds is 1. The molecule has 2 aliphatic rings. The Bertz CT molecular complexity index is 371. The van der Waals surface area contributed by atoms with E-state index in [1.165, 1.54) is 18.7 Å². The molecule has 1 aromatic carbocycles. The second-order valence-corrected chi connectivity index (χ2v) is 5.08. The van der Waals surface area contributed by atoms with Gasteiger partial charge in [0.25, 0.3) is 0 Å². The van der Waals surface area contributed by atoms with Crippen LogP contribution in [-0.4, -0.2) is 13.1 Å². The Morgan fingerprint density at radius 1 is 1.36 bits per heavy atom. The van der Waals surface area contributed by atoms with Gasteiger partial charge in [0.2, 0.25) is 0 Å². The summed E-state index contributed by atoms with van der Waals surface area (Å²) in [4.78, 5) is 0. The molecule has 1 N–H and O–H groups in total. The van der Waals surface area contributed by atoms with Crippen molar-refractivity contribution in [3.05, 3.63) is 35.4 Å². The predicted molar refractivity (Wildman–Crippen MR) is 58.4 cm³/mol. The van der Waals surface area contributed by atoms with Crippen LogP contribution >= 0.6 is 0 Å². The number of nitrogens with one attached hydrogen (secondary N) is 1. The number of hydrogen-bond donors (Lipinski definition) is 1. The van der Waals surface area contributed by atoms with Crippen LogP contribution in [0.15, 0.2) is 24.3 Å². The lowest BCUT2D eigenvalue weighted by Gasteiger charge is -2.11. The van der Waals surface area contributed by atoms with Crippen LogP contribution in [0.3, 0.4) is 0 Å². The first-order valence-electron chi connectivity index (χ1n) is 5.50. The van der Waals surface area contributed by atoms with Crippen molar-refractivity contribution in [1.29, 1.82) is 0 Å². The maximum absolute atomic E-state index is 3.48. The highest BCUT2D eigenvalue weighted by Gasteiger charge is 2.63. The van der Waals surface area contributed by atoms with Crippen molar-refractivity contribution in [3.8, 4) is 0 Å². The van der Waals surface area contributed by atoms with E-state index in [9.17, 15) is 0 Å². The summed E-state index contributed by atoms with van der Waals surface area (Å²) in [7, 11) is 0. The van der Waals surface area contributed by atoms with Gasteiger partial charge in [-0.15, -0.1) is 0 Å². The summed E-state index contributed by atoms with van der Waals surface area (Å²) < 4.78 is 0. The molecule has 3 atom stereocenters. The highest BCUT2D eigenvalue weighted by Crippen LogP contribution is 2.66. The summed E-state index contributed by atoms with van der Waals surface area (Å²) in [6.07, 6.45) is 0. The van der Waals surface area contributed by atoms with Crippen molar-refractivity contribution in [3.63, 3.8) is 0 Å². The highest BCUT2D eigenvalue weighted by atomic mass is 15.0. The van der Waals surface area contributed by atoms with Crippen LogP contribution in [0, 0.1) is 18.3 Å². The van der Waals surface area contributed by atoms with Gasteiger partial charge in [-0.25, -0.2) is 0 Å². The van der Waals surface area contributed by atoms with Crippen LogP contribution in [0.25, 0.3) is 0 Å². The minimum Gasteiger partial charge on any atom is -0.316 e. The van der Waals surface area contributed by atoms with Crippen molar-refractivity contribution in [2.75, 3.05) is 13.1 Å². The zero-order valence-corrected chi connectivity index (χ0v) is 8.88. The van der Waals surface area contributed by atoms with E-state index in [-0.39, 0.29) is 0 Å². The Hall–Kier alpha value is -0.820. The molecular weight excluding hydrogens is 170 g/mol. The van der Waals surface area contributed by atoms with Crippen LogP contribution in [0.4, 0.5) is 0 Å². The average molecular weight is 187 g/mol. The summed E-state index contributed by atoms with van der Waals surface area (Å²) in [5.74, 6) is 1.72. The Morgan fingerprint density at radius 3 is 2.79 bits per heavy atom. The molecule has 0 bridgehead atoms. The van der Waals surface area contributed by atoms with Gasteiger partial charge in [0.15, 0.2) is 0 Å². The number of aryl methyl sites for hydroxylation is 1. The van der Waals surface area contributed by atoms with Crippen LogP contribution < -0.4 is 5.32 Å². The Balaban J connectivity index is 1.96. The van der Waals surface area contributed by atoms with E-state index in [4.69, 9.17) is 0 Å². The fourth-order valence-corrected chi connectivity index (χ4v) is 3.26. The second-order valence-electron chi connectivity index (χ2n) is 5.08. The Labute approximate surface area is 85.5 Å². The first-order valence-corrected chi connectivity index (χ1v) is 5.50. The van der Waals surface area contributed by atoms with Crippen molar-refractivity contribution >= 4 is 0 Å². The van der Waals surface area contributed by atoms with E-state index < -0.39 is 0 Å². The van der Waals surface area contributed by atoms with Gasteiger partial charge in [-0.05, 0) is 41.8 Å². The van der Waals surface area contributed by atoms with Gasteiger partial charge in [0.05, 0.1) is 0 Å². The fourth-order valence-electron chi connectivity index (χ4n) is 3.26.